The molecular weight excluding hydrogens is 248 g/mol. The van der Waals surface area contributed by atoms with Crippen molar-refractivity contribution in [3.63, 3.8) is 0 Å². The minimum Gasteiger partial charge on any atom is -0.348 e. The van der Waals surface area contributed by atoms with Crippen molar-refractivity contribution < 1.29 is 4.79 Å². The molecule has 0 saturated heterocycles. The van der Waals surface area contributed by atoms with E-state index in [-0.39, 0.29) is 17.9 Å². The smallest absolute Gasteiger partial charge is 0.237 e. The van der Waals surface area contributed by atoms with Gasteiger partial charge < -0.3 is 11.1 Å². The molecule has 0 radical (unpaired) electrons. The summed E-state index contributed by atoms with van der Waals surface area (Å²) >= 11 is 5.83. The fourth-order valence-corrected chi connectivity index (χ4v) is 1.78. The van der Waals surface area contributed by atoms with E-state index in [9.17, 15) is 4.79 Å². The van der Waals surface area contributed by atoms with E-state index in [1.807, 2.05) is 45.0 Å². The fraction of sp³-hybridized carbons (Fsp3) is 0.500. The van der Waals surface area contributed by atoms with E-state index in [0.29, 0.717) is 5.02 Å². The Morgan fingerprint density at radius 3 is 2.39 bits per heavy atom. The van der Waals surface area contributed by atoms with Crippen LogP contribution in [0.15, 0.2) is 24.3 Å². The molecule has 3 atom stereocenters. The molecule has 0 unspecified atom stereocenters. The largest absolute Gasteiger partial charge is 0.348 e. The molecule has 0 spiro atoms. The number of hydrogen-bond donors (Lipinski definition) is 2. The summed E-state index contributed by atoms with van der Waals surface area (Å²) in [6, 6.07) is 6.92. The van der Waals surface area contributed by atoms with Crippen LogP contribution in [0.4, 0.5) is 0 Å². The van der Waals surface area contributed by atoms with Gasteiger partial charge in [0, 0.05) is 5.02 Å². The van der Waals surface area contributed by atoms with Crippen LogP contribution in [-0.4, -0.2) is 11.9 Å². The van der Waals surface area contributed by atoms with Crippen molar-refractivity contribution in [2.45, 2.75) is 39.3 Å². The molecule has 3 nitrogen and oxygen atoms in total. The van der Waals surface area contributed by atoms with Crippen LogP contribution in [0.3, 0.4) is 0 Å². The van der Waals surface area contributed by atoms with Crippen molar-refractivity contribution in [2.75, 3.05) is 0 Å². The van der Waals surface area contributed by atoms with Crippen LogP contribution in [0.1, 0.15) is 38.8 Å². The molecule has 0 aromatic heterocycles. The average molecular weight is 269 g/mol. The topological polar surface area (TPSA) is 55.1 Å². The molecule has 0 saturated carbocycles. The average Bonchev–Trinajstić information content (AvgIpc) is 2.37. The molecule has 0 heterocycles. The van der Waals surface area contributed by atoms with Crippen LogP contribution >= 0.6 is 11.6 Å². The summed E-state index contributed by atoms with van der Waals surface area (Å²) < 4.78 is 0. The van der Waals surface area contributed by atoms with Crippen LogP contribution in [0.5, 0.6) is 0 Å². The maximum atomic E-state index is 11.9. The van der Waals surface area contributed by atoms with Crippen LogP contribution in [0, 0.1) is 5.92 Å². The lowest BCUT2D eigenvalue weighted by Crippen LogP contribution is -2.45. The Balaban J connectivity index is 2.61. The van der Waals surface area contributed by atoms with Gasteiger partial charge in [0.25, 0.3) is 0 Å². The van der Waals surface area contributed by atoms with Gasteiger partial charge in [0.2, 0.25) is 5.91 Å². The number of carbonyl (C=O) groups is 1. The summed E-state index contributed by atoms with van der Waals surface area (Å²) in [6.45, 7) is 5.95. The SMILES string of the molecule is CC[C@H](C)[C@H](N)C(=O)N[C@@H](C)c1ccc(Cl)cc1. The number of halogens is 1. The first-order chi connectivity index (χ1) is 8.45. The first kappa shape index (κ1) is 15.0. The van der Waals surface area contributed by atoms with Crippen LogP contribution in [0.2, 0.25) is 5.02 Å². The maximum absolute atomic E-state index is 11.9. The van der Waals surface area contributed by atoms with Gasteiger partial charge in [-0.25, -0.2) is 0 Å². The van der Waals surface area contributed by atoms with E-state index >= 15 is 0 Å². The number of nitrogens with one attached hydrogen (secondary N) is 1. The third kappa shape index (κ3) is 4.00. The Bertz CT molecular complexity index is 391. The van der Waals surface area contributed by atoms with E-state index in [2.05, 4.69) is 5.32 Å². The molecule has 0 aliphatic carbocycles. The van der Waals surface area contributed by atoms with Crippen molar-refractivity contribution >= 4 is 17.5 Å². The second-order valence-corrected chi connectivity index (χ2v) is 5.13. The number of nitrogens with two attached hydrogens (primary N) is 1. The Kier molecular flexibility index (Phi) is 5.63. The molecule has 1 aromatic rings. The molecule has 0 bridgehead atoms. The first-order valence-corrected chi connectivity index (χ1v) is 6.65. The Labute approximate surface area is 114 Å². The van der Waals surface area contributed by atoms with Gasteiger partial charge in [-0.2, -0.15) is 0 Å². The van der Waals surface area contributed by atoms with Crippen LogP contribution in [0.25, 0.3) is 0 Å². The van der Waals surface area contributed by atoms with Crippen LogP contribution in [-0.2, 0) is 4.79 Å². The van der Waals surface area contributed by atoms with Crippen molar-refractivity contribution in [3.05, 3.63) is 34.9 Å². The van der Waals surface area contributed by atoms with Gasteiger partial charge in [-0.3, -0.25) is 4.79 Å². The Morgan fingerprint density at radius 1 is 1.33 bits per heavy atom. The predicted molar refractivity (Wildman–Crippen MR) is 75.4 cm³/mol. The highest BCUT2D eigenvalue weighted by Crippen LogP contribution is 2.16. The standard InChI is InChI=1S/C14H21ClN2O/c1-4-9(2)13(16)14(18)17-10(3)11-5-7-12(15)8-6-11/h5-10,13H,4,16H2,1-3H3,(H,17,18)/t9-,10-,13-/m0/s1. The molecular formula is C14H21ClN2O. The van der Waals surface area contributed by atoms with E-state index in [0.717, 1.165) is 12.0 Å². The molecule has 0 fully saturated rings. The van der Waals surface area contributed by atoms with E-state index in [1.165, 1.54) is 0 Å². The third-order valence-electron chi connectivity index (χ3n) is 3.29. The molecule has 100 valence electrons. The van der Waals surface area contributed by atoms with Crippen molar-refractivity contribution in [2.24, 2.45) is 11.7 Å². The highest BCUT2D eigenvalue weighted by molar-refractivity contribution is 6.30. The van der Waals surface area contributed by atoms with Gasteiger partial charge in [-0.05, 0) is 30.5 Å². The second kappa shape index (κ2) is 6.76. The maximum Gasteiger partial charge on any atom is 0.237 e. The minimum atomic E-state index is -0.454. The van der Waals surface area contributed by atoms with Crippen molar-refractivity contribution in [3.8, 4) is 0 Å². The van der Waals surface area contributed by atoms with Gasteiger partial charge in [-0.1, -0.05) is 44.0 Å². The van der Waals surface area contributed by atoms with E-state index in [4.69, 9.17) is 17.3 Å². The quantitative estimate of drug-likeness (QED) is 0.863. The second-order valence-electron chi connectivity index (χ2n) is 4.69. The summed E-state index contributed by atoms with van der Waals surface area (Å²) in [6.07, 6.45) is 0.893. The zero-order valence-electron chi connectivity index (χ0n) is 11.1. The number of hydrogen-bond acceptors (Lipinski definition) is 2. The lowest BCUT2D eigenvalue weighted by atomic mass is 9.98. The zero-order valence-corrected chi connectivity index (χ0v) is 11.9. The molecule has 1 aromatic carbocycles. The van der Waals surface area contributed by atoms with Gasteiger partial charge in [0.1, 0.15) is 0 Å². The van der Waals surface area contributed by atoms with Gasteiger partial charge in [0.05, 0.1) is 12.1 Å². The number of rotatable bonds is 5. The highest BCUT2D eigenvalue weighted by Gasteiger charge is 2.21. The summed E-state index contributed by atoms with van der Waals surface area (Å²) in [5.74, 6) is 0.0780. The monoisotopic (exact) mass is 268 g/mol. The number of amides is 1. The van der Waals surface area contributed by atoms with Crippen LogP contribution < -0.4 is 11.1 Å². The van der Waals surface area contributed by atoms with Crippen molar-refractivity contribution in [1.82, 2.24) is 5.32 Å². The van der Waals surface area contributed by atoms with Gasteiger partial charge in [0.15, 0.2) is 0 Å². The molecule has 1 rings (SSSR count). The summed E-state index contributed by atoms with van der Waals surface area (Å²) in [4.78, 5) is 11.9. The minimum absolute atomic E-state index is 0.0649. The number of carbonyl (C=O) groups excluding carboxylic acids is 1. The lowest BCUT2D eigenvalue weighted by molar-refractivity contribution is -0.124. The molecule has 18 heavy (non-hydrogen) atoms. The molecule has 0 aliphatic rings. The molecule has 3 N–H and O–H groups in total. The zero-order chi connectivity index (χ0) is 13.7. The highest BCUT2D eigenvalue weighted by atomic mass is 35.5. The third-order valence-corrected chi connectivity index (χ3v) is 3.54. The summed E-state index contributed by atoms with van der Waals surface area (Å²) in [5, 5.41) is 3.61. The Hall–Kier alpha value is -1.06. The normalized spacial score (nSPS) is 15.8. The molecule has 0 aliphatic heterocycles. The number of benzene rings is 1. The van der Waals surface area contributed by atoms with Gasteiger partial charge in [-0.15, -0.1) is 0 Å². The van der Waals surface area contributed by atoms with Gasteiger partial charge >= 0.3 is 0 Å². The summed E-state index contributed by atoms with van der Waals surface area (Å²) in [5.41, 5.74) is 6.91. The lowest BCUT2D eigenvalue weighted by Gasteiger charge is -2.21. The predicted octanol–water partition coefficient (Wildman–Crippen LogP) is 2.89. The van der Waals surface area contributed by atoms with E-state index < -0.39 is 6.04 Å². The first-order valence-electron chi connectivity index (χ1n) is 6.27. The molecule has 1 amide bonds. The fourth-order valence-electron chi connectivity index (χ4n) is 1.66. The van der Waals surface area contributed by atoms with E-state index in [1.54, 1.807) is 0 Å². The van der Waals surface area contributed by atoms with Crippen molar-refractivity contribution in [1.29, 1.82) is 0 Å². The molecule has 4 heteroatoms. The summed E-state index contributed by atoms with van der Waals surface area (Å²) in [7, 11) is 0. The Morgan fingerprint density at radius 2 is 1.89 bits per heavy atom.